The number of carbonyl (C=O) groups excluding carboxylic acids is 1. The van der Waals surface area contributed by atoms with E-state index in [0.29, 0.717) is 18.0 Å². The molecule has 0 bridgehead atoms. The Morgan fingerprint density at radius 1 is 1.14 bits per heavy atom. The van der Waals surface area contributed by atoms with Crippen LogP contribution in [0, 0.1) is 25.2 Å². The zero-order chi connectivity index (χ0) is 25.5. The van der Waals surface area contributed by atoms with E-state index in [-0.39, 0.29) is 12.0 Å². The molecular formula is C29H37N5O2. The van der Waals surface area contributed by atoms with Crippen LogP contribution in [0.3, 0.4) is 0 Å². The van der Waals surface area contributed by atoms with E-state index in [1.54, 1.807) is 0 Å². The molecule has 2 saturated heterocycles. The molecule has 4 rings (SSSR count). The van der Waals surface area contributed by atoms with Gasteiger partial charge in [0.2, 0.25) is 0 Å². The summed E-state index contributed by atoms with van der Waals surface area (Å²) in [5, 5.41) is 9.03. The predicted molar refractivity (Wildman–Crippen MR) is 142 cm³/mol. The maximum Gasteiger partial charge on any atom is 0.254 e. The van der Waals surface area contributed by atoms with Gasteiger partial charge in [0.1, 0.15) is 5.84 Å². The molecule has 2 aliphatic rings. The van der Waals surface area contributed by atoms with Crippen LogP contribution < -0.4 is 10.9 Å². The summed E-state index contributed by atoms with van der Waals surface area (Å²) in [7, 11) is 1.84. The fourth-order valence-corrected chi connectivity index (χ4v) is 5.21. The molecule has 0 saturated carbocycles. The molecular weight excluding hydrogens is 450 g/mol. The van der Waals surface area contributed by atoms with Crippen LogP contribution in [-0.4, -0.2) is 49.5 Å². The Labute approximate surface area is 214 Å². The van der Waals surface area contributed by atoms with E-state index in [1.807, 2.05) is 49.2 Å². The van der Waals surface area contributed by atoms with Crippen LogP contribution in [0.15, 0.2) is 41.4 Å². The number of rotatable bonds is 7. The van der Waals surface area contributed by atoms with Crippen molar-refractivity contribution in [3.63, 3.8) is 0 Å². The van der Waals surface area contributed by atoms with Crippen LogP contribution in [-0.2, 0) is 11.3 Å². The fraction of sp³-hybridized carbons (Fsp3) is 0.483. The van der Waals surface area contributed by atoms with E-state index < -0.39 is 0 Å². The summed E-state index contributed by atoms with van der Waals surface area (Å²) in [6, 6.07) is 14.2. The molecule has 2 heterocycles. The average molecular weight is 488 g/mol. The molecule has 36 heavy (non-hydrogen) atoms. The number of nitrogens with one attached hydrogen (secondary N) is 2. The van der Waals surface area contributed by atoms with Crippen molar-refractivity contribution in [1.82, 2.24) is 15.8 Å². The number of hydrogen-bond acceptors (Lipinski definition) is 5. The molecule has 1 atom stereocenters. The molecule has 1 amide bonds. The van der Waals surface area contributed by atoms with Crippen molar-refractivity contribution in [2.24, 2.45) is 4.99 Å². The lowest BCUT2D eigenvalue weighted by Gasteiger charge is -2.33. The first-order valence-electron chi connectivity index (χ1n) is 13.0. The van der Waals surface area contributed by atoms with Gasteiger partial charge in [0, 0.05) is 38.7 Å². The van der Waals surface area contributed by atoms with Crippen molar-refractivity contribution in [1.29, 1.82) is 5.26 Å². The number of likely N-dealkylation sites (tertiary alicyclic amines) is 1. The summed E-state index contributed by atoms with van der Waals surface area (Å²) in [4.78, 5) is 20.3. The van der Waals surface area contributed by atoms with Crippen LogP contribution in [0.5, 0.6) is 0 Å². The van der Waals surface area contributed by atoms with E-state index in [2.05, 4.69) is 29.9 Å². The number of carbonyl (C=O) groups is 1. The molecule has 7 heteroatoms. The highest BCUT2D eigenvalue weighted by Crippen LogP contribution is 2.29. The zero-order valence-corrected chi connectivity index (χ0v) is 21.6. The molecule has 2 N–H and O–H groups in total. The molecule has 0 radical (unpaired) electrons. The highest BCUT2D eigenvalue weighted by molar-refractivity contribution is 5.96. The van der Waals surface area contributed by atoms with Crippen molar-refractivity contribution in [2.45, 2.75) is 64.5 Å². The van der Waals surface area contributed by atoms with E-state index in [9.17, 15) is 4.79 Å². The number of ether oxygens (including phenoxy) is 1. The van der Waals surface area contributed by atoms with Crippen molar-refractivity contribution < 1.29 is 9.53 Å². The fourth-order valence-electron chi connectivity index (χ4n) is 5.21. The van der Waals surface area contributed by atoms with Gasteiger partial charge in [-0.15, -0.1) is 0 Å². The lowest BCUT2D eigenvalue weighted by atomic mass is 9.88. The summed E-state index contributed by atoms with van der Waals surface area (Å²) < 4.78 is 5.77. The van der Waals surface area contributed by atoms with Gasteiger partial charge in [-0.2, -0.15) is 5.26 Å². The van der Waals surface area contributed by atoms with Crippen LogP contribution in [0.1, 0.15) is 76.2 Å². The normalized spacial score (nSPS) is 18.8. The third-order valence-electron chi connectivity index (χ3n) is 7.36. The Balaban J connectivity index is 1.42. The van der Waals surface area contributed by atoms with Gasteiger partial charge < -0.3 is 15.1 Å². The van der Waals surface area contributed by atoms with E-state index in [4.69, 9.17) is 15.0 Å². The van der Waals surface area contributed by atoms with Gasteiger partial charge in [-0.25, -0.2) is 5.43 Å². The van der Waals surface area contributed by atoms with Gasteiger partial charge in [-0.05, 0) is 85.9 Å². The van der Waals surface area contributed by atoms with Crippen molar-refractivity contribution in [3.05, 3.63) is 69.8 Å². The number of amidine groups is 1. The minimum atomic E-state index is 0.101. The molecule has 2 fully saturated rings. The van der Waals surface area contributed by atoms with Crippen molar-refractivity contribution in [2.75, 3.05) is 26.7 Å². The minimum absolute atomic E-state index is 0.101. The number of nitriles is 1. The maximum atomic E-state index is 13.5. The molecule has 1 unspecified atom stereocenters. The Morgan fingerprint density at radius 2 is 1.89 bits per heavy atom. The quantitative estimate of drug-likeness (QED) is 0.344. The molecule has 0 aromatic heterocycles. The van der Waals surface area contributed by atoms with Crippen molar-refractivity contribution in [3.8, 4) is 6.07 Å². The summed E-state index contributed by atoms with van der Waals surface area (Å²) in [6.45, 7) is 6.92. The van der Waals surface area contributed by atoms with Gasteiger partial charge in [0.05, 0.1) is 24.3 Å². The number of amides is 1. The van der Waals surface area contributed by atoms with E-state index in [0.717, 1.165) is 79.9 Å². The molecule has 190 valence electrons. The lowest BCUT2D eigenvalue weighted by molar-refractivity contribution is 0.0712. The van der Waals surface area contributed by atoms with E-state index in [1.165, 1.54) is 5.56 Å². The minimum Gasteiger partial charge on any atom is -0.378 e. The second kappa shape index (κ2) is 12.2. The molecule has 7 nitrogen and oxygen atoms in total. The number of hydrazine groups is 1. The predicted octanol–water partition coefficient (Wildman–Crippen LogP) is 4.39. The van der Waals surface area contributed by atoms with Gasteiger partial charge in [0.25, 0.3) is 5.91 Å². The third kappa shape index (κ3) is 6.31. The monoisotopic (exact) mass is 487 g/mol. The number of hydrogen-bond donors (Lipinski definition) is 2. The SMILES string of the molecule is CNNC(CC1CCCO1)=NCc1cc(C(=O)N2CCC(c3ccc(C#N)cc3)CC2)c(C)cc1C. The Kier molecular flexibility index (Phi) is 8.74. The Bertz CT molecular complexity index is 1120. The summed E-state index contributed by atoms with van der Waals surface area (Å²) in [6.07, 6.45) is 5.00. The Morgan fingerprint density at radius 3 is 2.53 bits per heavy atom. The summed E-state index contributed by atoms with van der Waals surface area (Å²) in [5.74, 6) is 1.40. The zero-order valence-electron chi connectivity index (χ0n) is 21.6. The summed E-state index contributed by atoms with van der Waals surface area (Å²) >= 11 is 0. The van der Waals surface area contributed by atoms with Gasteiger partial charge in [-0.1, -0.05) is 18.2 Å². The molecule has 0 spiro atoms. The first-order valence-corrected chi connectivity index (χ1v) is 13.0. The number of piperidine rings is 1. The third-order valence-corrected chi connectivity index (χ3v) is 7.36. The first-order chi connectivity index (χ1) is 17.5. The largest absolute Gasteiger partial charge is 0.378 e. The van der Waals surface area contributed by atoms with Crippen LogP contribution >= 0.6 is 0 Å². The van der Waals surface area contributed by atoms with Crippen LogP contribution in [0.25, 0.3) is 0 Å². The second-order valence-corrected chi connectivity index (χ2v) is 9.87. The molecule has 0 aliphatic carbocycles. The second-order valence-electron chi connectivity index (χ2n) is 9.87. The first kappa shape index (κ1) is 25.9. The van der Waals surface area contributed by atoms with Gasteiger partial charge >= 0.3 is 0 Å². The maximum absolute atomic E-state index is 13.5. The van der Waals surface area contributed by atoms with E-state index >= 15 is 0 Å². The molecule has 2 aliphatic heterocycles. The highest BCUT2D eigenvalue weighted by atomic mass is 16.5. The van der Waals surface area contributed by atoms with Crippen LogP contribution in [0.4, 0.5) is 0 Å². The van der Waals surface area contributed by atoms with Gasteiger partial charge in [0.15, 0.2) is 0 Å². The molecule has 2 aromatic rings. The highest BCUT2D eigenvalue weighted by Gasteiger charge is 2.26. The molecule has 2 aromatic carbocycles. The smallest absolute Gasteiger partial charge is 0.254 e. The van der Waals surface area contributed by atoms with Gasteiger partial charge in [-0.3, -0.25) is 9.79 Å². The lowest BCUT2D eigenvalue weighted by Crippen LogP contribution is -2.38. The Hall–Kier alpha value is -3.21. The number of nitrogens with zero attached hydrogens (tertiary/aromatic N) is 3. The summed E-state index contributed by atoms with van der Waals surface area (Å²) in [5.41, 5.74) is 12.1. The average Bonchev–Trinajstić information content (AvgIpc) is 3.41. The van der Waals surface area contributed by atoms with Crippen LogP contribution in [0.2, 0.25) is 0 Å². The number of benzene rings is 2. The topological polar surface area (TPSA) is 89.8 Å². The number of aryl methyl sites for hydroxylation is 2. The number of aliphatic imine (C=N–C) groups is 1. The standard InChI is InChI=1S/C29H37N5O2/c1-20-15-21(2)27(16-25(20)19-32-28(33-31-3)17-26-5-4-14-36-26)29(35)34-12-10-24(11-13-34)23-8-6-22(18-30)7-9-23/h6-9,15-16,24,26,31H,4-5,10-14,17,19H2,1-3H3,(H,32,33). The van der Waals surface area contributed by atoms with Crippen molar-refractivity contribution >= 4 is 11.7 Å².